The van der Waals surface area contributed by atoms with Crippen LogP contribution in [-0.2, 0) is 13.2 Å². The van der Waals surface area contributed by atoms with E-state index in [-0.39, 0.29) is 12.4 Å². The van der Waals surface area contributed by atoms with Crippen LogP contribution in [0.15, 0.2) is 73.2 Å². The van der Waals surface area contributed by atoms with Crippen LogP contribution >= 0.6 is 11.6 Å². The highest BCUT2D eigenvalue weighted by molar-refractivity contribution is 6.32. The number of benzene rings is 2. The second kappa shape index (κ2) is 12.1. The van der Waals surface area contributed by atoms with E-state index in [1.165, 1.54) is 18.5 Å². The number of nitrogens with zero attached hydrogens (tertiary/aromatic N) is 4. The molecule has 0 unspecified atom stereocenters. The molecule has 0 amide bonds. The van der Waals surface area contributed by atoms with Gasteiger partial charge in [0, 0.05) is 18.4 Å². The number of anilines is 2. The second-order valence-corrected chi connectivity index (χ2v) is 8.48. The lowest BCUT2D eigenvalue weighted by Gasteiger charge is -2.12. The first-order valence-corrected chi connectivity index (χ1v) is 11.8. The molecule has 4 rings (SSSR count). The first kappa shape index (κ1) is 25.1. The average Bonchev–Trinajstić information content (AvgIpc) is 2.88. The Labute approximate surface area is 215 Å². The third-order valence-electron chi connectivity index (χ3n) is 5.29. The molecule has 8 heteroatoms. The molecule has 0 atom stereocenters. The lowest BCUT2D eigenvalue weighted by atomic mass is 10.2. The Morgan fingerprint density at radius 1 is 1.08 bits per heavy atom. The first-order chi connectivity index (χ1) is 17.5. The SMILES string of the molecule is CCN(C)Cc1cccc(C#Cc2cncnc2Nc2ccc(OCc3cccc(F)c3)c(Cl)c2)n1. The van der Waals surface area contributed by atoms with Crippen LogP contribution < -0.4 is 10.1 Å². The predicted molar refractivity (Wildman–Crippen MR) is 140 cm³/mol. The predicted octanol–water partition coefficient (Wildman–Crippen LogP) is 5.84. The summed E-state index contributed by atoms with van der Waals surface area (Å²) in [6, 6.07) is 17.4. The number of ether oxygens (including phenoxy) is 1. The maximum absolute atomic E-state index is 13.4. The summed E-state index contributed by atoms with van der Waals surface area (Å²) >= 11 is 6.42. The molecule has 0 spiro atoms. The van der Waals surface area contributed by atoms with Gasteiger partial charge in [-0.15, -0.1) is 0 Å². The van der Waals surface area contributed by atoms with Gasteiger partial charge in [-0.3, -0.25) is 0 Å². The van der Waals surface area contributed by atoms with Crippen molar-refractivity contribution in [3.63, 3.8) is 0 Å². The Morgan fingerprint density at radius 2 is 1.94 bits per heavy atom. The topological polar surface area (TPSA) is 63.2 Å². The third-order valence-corrected chi connectivity index (χ3v) is 5.59. The van der Waals surface area contributed by atoms with Crippen molar-refractivity contribution in [2.75, 3.05) is 18.9 Å². The maximum Gasteiger partial charge on any atom is 0.149 e. The van der Waals surface area contributed by atoms with Crippen LogP contribution in [0.1, 0.15) is 29.4 Å². The lowest BCUT2D eigenvalue weighted by molar-refractivity contribution is 0.306. The summed E-state index contributed by atoms with van der Waals surface area (Å²) in [6.45, 7) is 4.02. The van der Waals surface area contributed by atoms with Crippen molar-refractivity contribution < 1.29 is 9.13 Å². The van der Waals surface area contributed by atoms with E-state index in [0.717, 1.165) is 24.3 Å². The number of aromatic nitrogens is 3. The van der Waals surface area contributed by atoms with Crippen molar-refractivity contribution in [3.05, 3.63) is 107 Å². The summed E-state index contributed by atoms with van der Waals surface area (Å²) < 4.78 is 19.1. The molecule has 0 radical (unpaired) electrons. The number of pyridine rings is 1. The van der Waals surface area contributed by atoms with Crippen LogP contribution in [0.25, 0.3) is 0 Å². The van der Waals surface area contributed by atoms with Crippen LogP contribution in [0.4, 0.5) is 15.9 Å². The Hall–Kier alpha value is -3.99. The van der Waals surface area contributed by atoms with Gasteiger partial charge in [0.05, 0.1) is 16.3 Å². The van der Waals surface area contributed by atoms with Crippen LogP contribution in [0.3, 0.4) is 0 Å². The minimum Gasteiger partial charge on any atom is -0.487 e. The molecular weight excluding hydrogens is 477 g/mol. The molecule has 0 saturated heterocycles. The Balaban J connectivity index is 1.46. The molecule has 1 N–H and O–H groups in total. The molecule has 182 valence electrons. The van der Waals surface area contributed by atoms with Crippen molar-refractivity contribution in [3.8, 4) is 17.6 Å². The molecule has 0 aliphatic rings. The number of hydrogen-bond acceptors (Lipinski definition) is 6. The summed E-state index contributed by atoms with van der Waals surface area (Å²) in [5, 5.41) is 3.65. The Kier molecular flexibility index (Phi) is 8.45. The zero-order valence-corrected chi connectivity index (χ0v) is 20.8. The van der Waals surface area contributed by atoms with Crippen molar-refractivity contribution in [2.45, 2.75) is 20.1 Å². The van der Waals surface area contributed by atoms with Crippen molar-refractivity contribution in [2.24, 2.45) is 0 Å². The summed E-state index contributed by atoms with van der Waals surface area (Å²) in [7, 11) is 2.05. The zero-order chi connectivity index (χ0) is 25.3. The molecule has 36 heavy (non-hydrogen) atoms. The normalized spacial score (nSPS) is 10.6. The van der Waals surface area contributed by atoms with E-state index in [1.807, 2.05) is 24.3 Å². The molecule has 0 saturated carbocycles. The Morgan fingerprint density at radius 3 is 2.75 bits per heavy atom. The molecule has 0 fully saturated rings. The highest BCUT2D eigenvalue weighted by Crippen LogP contribution is 2.30. The van der Waals surface area contributed by atoms with Gasteiger partial charge in [-0.25, -0.2) is 19.3 Å². The van der Waals surface area contributed by atoms with E-state index in [9.17, 15) is 4.39 Å². The summed E-state index contributed by atoms with van der Waals surface area (Å²) in [6.07, 6.45) is 3.10. The fourth-order valence-corrected chi connectivity index (χ4v) is 3.53. The van der Waals surface area contributed by atoms with Gasteiger partial charge in [-0.1, -0.05) is 42.6 Å². The van der Waals surface area contributed by atoms with Crippen LogP contribution in [0.2, 0.25) is 5.02 Å². The molecule has 0 aliphatic carbocycles. The zero-order valence-electron chi connectivity index (χ0n) is 20.0. The minimum absolute atomic E-state index is 0.208. The van der Waals surface area contributed by atoms with Crippen molar-refractivity contribution >= 4 is 23.1 Å². The van der Waals surface area contributed by atoms with E-state index >= 15 is 0 Å². The molecule has 0 bridgehead atoms. The van der Waals surface area contributed by atoms with E-state index in [0.29, 0.717) is 33.5 Å². The Bertz CT molecular complexity index is 1400. The van der Waals surface area contributed by atoms with Gasteiger partial charge >= 0.3 is 0 Å². The fourth-order valence-electron chi connectivity index (χ4n) is 3.30. The van der Waals surface area contributed by atoms with E-state index < -0.39 is 0 Å². The molecule has 6 nitrogen and oxygen atoms in total. The first-order valence-electron chi connectivity index (χ1n) is 11.4. The fraction of sp³-hybridized carbons (Fsp3) is 0.179. The maximum atomic E-state index is 13.4. The summed E-state index contributed by atoms with van der Waals surface area (Å²) in [5.74, 6) is 6.95. The average molecular weight is 502 g/mol. The molecule has 2 aromatic heterocycles. The van der Waals surface area contributed by atoms with Gasteiger partial charge in [0.15, 0.2) is 0 Å². The van der Waals surface area contributed by atoms with E-state index in [2.05, 4.69) is 51.0 Å². The van der Waals surface area contributed by atoms with Crippen molar-refractivity contribution in [1.82, 2.24) is 19.9 Å². The highest BCUT2D eigenvalue weighted by Gasteiger charge is 2.08. The van der Waals surface area contributed by atoms with Gasteiger partial charge in [-0.05, 0) is 67.5 Å². The number of hydrogen-bond donors (Lipinski definition) is 1. The third kappa shape index (κ3) is 7.01. The summed E-state index contributed by atoms with van der Waals surface area (Å²) in [5.41, 5.74) is 3.69. The quantitative estimate of drug-likeness (QED) is 0.306. The molecule has 0 aliphatic heterocycles. The van der Waals surface area contributed by atoms with Crippen LogP contribution in [0, 0.1) is 17.7 Å². The molecule has 2 heterocycles. The largest absolute Gasteiger partial charge is 0.487 e. The van der Waals surface area contributed by atoms with E-state index in [1.54, 1.807) is 30.5 Å². The van der Waals surface area contributed by atoms with Crippen LogP contribution in [0.5, 0.6) is 5.75 Å². The van der Waals surface area contributed by atoms with Gasteiger partial charge in [-0.2, -0.15) is 0 Å². The second-order valence-electron chi connectivity index (χ2n) is 8.07. The number of nitrogens with one attached hydrogen (secondary N) is 1. The van der Waals surface area contributed by atoms with Crippen molar-refractivity contribution in [1.29, 1.82) is 0 Å². The monoisotopic (exact) mass is 501 g/mol. The van der Waals surface area contributed by atoms with Gasteiger partial charge in [0.25, 0.3) is 0 Å². The molecule has 4 aromatic rings. The molecule has 2 aromatic carbocycles. The standard InChI is InChI=1S/C28H25ClFN5O/c1-3-35(2)17-25-9-5-8-23(33-25)11-10-21-16-31-19-32-28(21)34-24-12-13-27(26(29)15-24)36-18-20-6-4-7-22(30)14-20/h4-9,12-16,19H,3,17-18H2,1-2H3,(H,31,32,34). The van der Waals surface area contributed by atoms with Gasteiger partial charge in [0.1, 0.15) is 36.0 Å². The van der Waals surface area contributed by atoms with Crippen LogP contribution in [-0.4, -0.2) is 33.4 Å². The lowest BCUT2D eigenvalue weighted by Crippen LogP contribution is -2.17. The van der Waals surface area contributed by atoms with Gasteiger partial charge < -0.3 is 15.0 Å². The highest BCUT2D eigenvalue weighted by atomic mass is 35.5. The molecular formula is C28H25ClFN5O. The smallest absolute Gasteiger partial charge is 0.149 e. The minimum atomic E-state index is -0.307. The van der Waals surface area contributed by atoms with Gasteiger partial charge in [0.2, 0.25) is 0 Å². The number of rotatable bonds is 8. The summed E-state index contributed by atoms with van der Waals surface area (Å²) in [4.78, 5) is 15.2. The number of halogens is 2. The van der Waals surface area contributed by atoms with E-state index in [4.69, 9.17) is 16.3 Å².